The van der Waals surface area contributed by atoms with Gasteiger partial charge >= 0.3 is 7.67 Å². The molecule has 13 heavy (non-hydrogen) atoms. The Kier molecular flexibility index (Phi) is 3.44. The van der Waals surface area contributed by atoms with Gasteiger partial charge in [-0.1, -0.05) is 5.16 Å². The number of oxime groups is 1. The van der Waals surface area contributed by atoms with E-state index in [1.807, 2.05) is 7.05 Å². The molecule has 1 aliphatic rings. The zero-order valence-corrected chi connectivity index (χ0v) is 8.54. The molecule has 1 aliphatic heterocycles. The van der Waals surface area contributed by atoms with Gasteiger partial charge in [-0.2, -0.15) is 0 Å². The minimum atomic E-state index is -3.45. The maximum atomic E-state index is 10.7. The molecule has 7 heteroatoms. The molecule has 0 atom stereocenters. The van der Waals surface area contributed by atoms with Crippen LogP contribution in [-0.4, -0.2) is 30.7 Å². The molecule has 0 aromatic carbocycles. The van der Waals surface area contributed by atoms with Gasteiger partial charge in [0.2, 0.25) is 0 Å². The van der Waals surface area contributed by atoms with Gasteiger partial charge in [-0.25, -0.2) is 15.6 Å². The van der Waals surface area contributed by atoms with E-state index >= 15 is 0 Å². The highest BCUT2D eigenvalue weighted by Crippen LogP contribution is 2.27. The van der Waals surface area contributed by atoms with Crippen molar-refractivity contribution in [2.75, 3.05) is 20.1 Å². The van der Waals surface area contributed by atoms with E-state index in [1.165, 1.54) is 0 Å². The highest BCUT2D eigenvalue weighted by atomic mass is 31.2. The number of rotatable bonds is 2. The number of piperidine rings is 1. The predicted molar refractivity (Wildman–Crippen MR) is 51.2 cm³/mol. The molecule has 4 N–H and O–H groups in total. The molecule has 0 aromatic rings. The van der Waals surface area contributed by atoms with E-state index in [1.54, 1.807) is 0 Å². The van der Waals surface area contributed by atoms with Gasteiger partial charge < -0.3 is 9.52 Å². The molecule has 0 unspecified atom stereocenters. The predicted octanol–water partition coefficient (Wildman–Crippen LogP) is 0.110. The Morgan fingerprint density at radius 3 is 2.46 bits per heavy atom. The van der Waals surface area contributed by atoms with Crippen LogP contribution in [0.2, 0.25) is 0 Å². The van der Waals surface area contributed by atoms with E-state index in [2.05, 4.69) is 14.7 Å². The lowest BCUT2D eigenvalue weighted by molar-refractivity contribution is 0.309. The minimum Gasteiger partial charge on any atom is -0.312 e. The summed E-state index contributed by atoms with van der Waals surface area (Å²) in [6, 6.07) is 0. The van der Waals surface area contributed by atoms with Crippen LogP contribution in [0.1, 0.15) is 12.8 Å². The Bertz CT molecular complexity index is 239. The number of hydrogen-bond acceptors (Lipinski definition) is 4. The average Bonchev–Trinajstić information content (AvgIpc) is 2.02. The fourth-order valence-corrected chi connectivity index (χ4v) is 1.33. The zero-order valence-electron chi connectivity index (χ0n) is 7.64. The summed E-state index contributed by atoms with van der Waals surface area (Å²) >= 11 is 0. The van der Waals surface area contributed by atoms with Crippen molar-refractivity contribution < 1.29 is 9.19 Å². The summed E-state index contributed by atoms with van der Waals surface area (Å²) in [7, 11) is -1.41. The van der Waals surface area contributed by atoms with Gasteiger partial charge in [-0.15, -0.1) is 0 Å². The van der Waals surface area contributed by atoms with Crippen LogP contribution in [0.25, 0.3) is 0 Å². The standard InChI is InChI=1S/C6H15N4O2P/c1-10-4-2-6(3-5-10)9-12-13(7,8)11/h2-5H2,1H3,(H4,7,8,11). The smallest absolute Gasteiger partial charge is 0.312 e. The molecule has 0 bridgehead atoms. The molecule has 1 rings (SSSR count). The van der Waals surface area contributed by atoms with Gasteiger partial charge in [-0.3, -0.25) is 0 Å². The summed E-state index contributed by atoms with van der Waals surface area (Å²) in [6.45, 7) is 1.86. The third kappa shape index (κ3) is 4.38. The minimum absolute atomic E-state index is 0.816. The maximum Gasteiger partial charge on any atom is 0.405 e. The summed E-state index contributed by atoms with van der Waals surface area (Å²) in [6.07, 6.45) is 1.63. The van der Waals surface area contributed by atoms with Crippen molar-refractivity contribution in [3.8, 4) is 0 Å². The molecule has 1 fully saturated rings. The quantitative estimate of drug-likeness (QED) is 0.494. The summed E-state index contributed by atoms with van der Waals surface area (Å²) in [5.74, 6) is 0. The second-order valence-electron chi connectivity index (χ2n) is 3.19. The molecule has 0 aliphatic carbocycles. The van der Waals surface area contributed by atoms with Crippen molar-refractivity contribution >= 4 is 13.4 Å². The fraction of sp³-hybridized carbons (Fsp3) is 0.833. The first kappa shape index (κ1) is 10.7. The van der Waals surface area contributed by atoms with E-state index in [-0.39, 0.29) is 0 Å². The number of likely N-dealkylation sites (tertiary alicyclic amines) is 1. The number of nitrogens with zero attached hydrogens (tertiary/aromatic N) is 2. The lowest BCUT2D eigenvalue weighted by Crippen LogP contribution is -2.30. The Balaban J connectivity index is 2.40. The Morgan fingerprint density at radius 1 is 1.46 bits per heavy atom. The Labute approximate surface area is 77.4 Å². The summed E-state index contributed by atoms with van der Waals surface area (Å²) in [5, 5.41) is 3.67. The van der Waals surface area contributed by atoms with Crippen LogP contribution in [-0.2, 0) is 9.19 Å². The highest BCUT2D eigenvalue weighted by Gasteiger charge is 2.14. The maximum absolute atomic E-state index is 10.7. The first-order chi connectivity index (χ1) is 5.97. The normalized spacial score (nSPS) is 20.1. The second kappa shape index (κ2) is 4.19. The molecular formula is C6H15N4O2P. The molecule has 1 saturated heterocycles. The van der Waals surface area contributed by atoms with Crippen molar-refractivity contribution in [1.29, 1.82) is 0 Å². The number of nitrogens with two attached hydrogens (primary N) is 2. The van der Waals surface area contributed by atoms with Crippen LogP contribution in [0.5, 0.6) is 0 Å². The van der Waals surface area contributed by atoms with Crippen LogP contribution in [0.15, 0.2) is 5.16 Å². The van der Waals surface area contributed by atoms with Gasteiger partial charge in [-0.05, 0) is 7.05 Å². The van der Waals surface area contributed by atoms with Crippen LogP contribution >= 0.6 is 7.67 Å². The highest BCUT2D eigenvalue weighted by molar-refractivity contribution is 7.53. The van der Waals surface area contributed by atoms with Crippen molar-refractivity contribution in [1.82, 2.24) is 4.90 Å². The van der Waals surface area contributed by atoms with E-state index in [4.69, 9.17) is 11.0 Å². The van der Waals surface area contributed by atoms with E-state index in [0.717, 1.165) is 31.6 Å². The van der Waals surface area contributed by atoms with Crippen LogP contribution in [0.3, 0.4) is 0 Å². The van der Waals surface area contributed by atoms with Crippen molar-refractivity contribution in [3.05, 3.63) is 0 Å². The van der Waals surface area contributed by atoms with E-state index in [0.29, 0.717) is 0 Å². The summed E-state index contributed by atoms with van der Waals surface area (Å²) < 4.78 is 15.2. The van der Waals surface area contributed by atoms with Crippen LogP contribution in [0.4, 0.5) is 0 Å². The SMILES string of the molecule is CN1CCC(=NOP(N)(N)=O)CC1. The van der Waals surface area contributed by atoms with Gasteiger partial charge in [0.1, 0.15) is 0 Å². The van der Waals surface area contributed by atoms with Crippen molar-refractivity contribution in [2.24, 2.45) is 16.2 Å². The first-order valence-corrected chi connectivity index (χ1v) is 5.84. The second-order valence-corrected chi connectivity index (χ2v) is 4.64. The lowest BCUT2D eigenvalue weighted by atomic mass is 10.1. The van der Waals surface area contributed by atoms with Crippen LogP contribution in [0, 0.1) is 0 Å². The van der Waals surface area contributed by atoms with Gasteiger partial charge in [0.25, 0.3) is 0 Å². The molecule has 0 spiro atoms. The molecule has 0 amide bonds. The Hall–Kier alpha value is -0.420. The van der Waals surface area contributed by atoms with Gasteiger partial charge in [0, 0.05) is 25.9 Å². The molecule has 0 radical (unpaired) electrons. The molecule has 0 saturated carbocycles. The average molecular weight is 206 g/mol. The molecule has 0 aromatic heterocycles. The summed E-state index contributed by atoms with van der Waals surface area (Å²) in [5.41, 5.74) is 10.8. The Morgan fingerprint density at radius 2 is 2.00 bits per heavy atom. The lowest BCUT2D eigenvalue weighted by Gasteiger charge is -2.22. The van der Waals surface area contributed by atoms with Crippen molar-refractivity contribution in [2.45, 2.75) is 12.8 Å². The topological polar surface area (TPSA) is 93.9 Å². The zero-order chi connectivity index (χ0) is 9.90. The number of hydrogen-bond donors (Lipinski definition) is 2. The first-order valence-electron chi connectivity index (χ1n) is 4.07. The van der Waals surface area contributed by atoms with Gasteiger partial charge in [0.15, 0.2) is 0 Å². The third-order valence-corrected chi connectivity index (χ3v) is 2.20. The monoisotopic (exact) mass is 206 g/mol. The third-order valence-electron chi connectivity index (χ3n) is 1.86. The molecule has 6 nitrogen and oxygen atoms in total. The van der Waals surface area contributed by atoms with Crippen LogP contribution < -0.4 is 11.0 Å². The largest absolute Gasteiger partial charge is 0.405 e. The van der Waals surface area contributed by atoms with Gasteiger partial charge in [0.05, 0.1) is 5.71 Å². The molecule has 1 heterocycles. The molecule has 76 valence electrons. The summed E-state index contributed by atoms with van der Waals surface area (Å²) in [4.78, 5) is 2.18. The molecular weight excluding hydrogens is 191 g/mol. The van der Waals surface area contributed by atoms with E-state index in [9.17, 15) is 4.57 Å². The fourth-order valence-electron chi connectivity index (χ4n) is 1.09. The van der Waals surface area contributed by atoms with E-state index < -0.39 is 7.67 Å². The van der Waals surface area contributed by atoms with Crippen molar-refractivity contribution in [3.63, 3.8) is 0 Å².